The van der Waals surface area contributed by atoms with Gasteiger partial charge in [0, 0.05) is 22.9 Å². The van der Waals surface area contributed by atoms with Crippen LogP contribution in [-0.2, 0) is 16.0 Å². The van der Waals surface area contributed by atoms with Crippen LogP contribution in [0.5, 0.6) is 5.75 Å². The van der Waals surface area contributed by atoms with Crippen molar-refractivity contribution in [2.24, 2.45) is 0 Å². The molecule has 2 rings (SSSR count). The van der Waals surface area contributed by atoms with E-state index in [0.717, 1.165) is 41.7 Å². The molecule has 1 aliphatic heterocycles. The molecule has 0 saturated carbocycles. The predicted molar refractivity (Wildman–Crippen MR) is 85.9 cm³/mol. The third-order valence-electron chi connectivity index (χ3n) is 3.65. The second-order valence-electron chi connectivity index (χ2n) is 5.24. The maximum absolute atomic E-state index is 12.1. The Morgan fingerprint density at radius 3 is 2.86 bits per heavy atom. The highest BCUT2D eigenvalue weighted by atomic mass is 79.9. The molecule has 0 atom stereocenters. The number of rotatable bonds is 7. The van der Waals surface area contributed by atoms with Gasteiger partial charge in [-0.3, -0.25) is 4.79 Å². The van der Waals surface area contributed by atoms with Crippen LogP contribution in [0.1, 0.15) is 24.8 Å². The molecule has 1 N–H and O–H groups in total. The van der Waals surface area contributed by atoms with Crippen molar-refractivity contribution < 1.29 is 14.3 Å². The topological polar surface area (TPSA) is 47.6 Å². The molecule has 1 aromatic carbocycles. The van der Waals surface area contributed by atoms with E-state index >= 15 is 0 Å². The molecule has 4 nitrogen and oxygen atoms in total. The van der Waals surface area contributed by atoms with Gasteiger partial charge >= 0.3 is 0 Å². The zero-order valence-corrected chi connectivity index (χ0v) is 13.9. The van der Waals surface area contributed by atoms with Crippen LogP contribution in [0.15, 0.2) is 22.7 Å². The molecule has 1 aromatic rings. The summed E-state index contributed by atoms with van der Waals surface area (Å²) in [6.07, 6.45) is 3.22. The Hall–Kier alpha value is -0.910. The van der Waals surface area contributed by atoms with E-state index in [0.29, 0.717) is 25.6 Å². The van der Waals surface area contributed by atoms with Crippen LogP contribution in [0, 0.1) is 0 Å². The van der Waals surface area contributed by atoms with Gasteiger partial charge in [0.25, 0.3) is 0 Å². The number of ketones is 1. The van der Waals surface area contributed by atoms with Crippen LogP contribution in [0.3, 0.4) is 0 Å². The summed E-state index contributed by atoms with van der Waals surface area (Å²) in [6.45, 7) is 2.53. The van der Waals surface area contributed by atoms with Crippen molar-refractivity contribution in [3.8, 4) is 5.75 Å². The van der Waals surface area contributed by atoms with Gasteiger partial charge in [0.1, 0.15) is 11.5 Å². The summed E-state index contributed by atoms with van der Waals surface area (Å²) in [5.74, 6) is 0.936. The highest BCUT2D eigenvalue weighted by Gasteiger charge is 2.14. The third kappa shape index (κ3) is 5.41. The average Bonchev–Trinajstić information content (AvgIpc) is 2.48. The van der Waals surface area contributed by atoms with E-state index < -0.39 is 0 Å². The summed E-state index contributed by atoms with van der Waals surface area (Å²) in [5.41, 5.74) is 0.916. The molecule has 0 radical (unpaired) electrons. The summed E-state index contributed by atoms with van der Waals surface area (Å²) in [7, 11) is 1.62. The lowest BCUT2D eigenvalue weighted by atomic mass is 10.1. The Kier molecular flexibility index (Phi) is 6.67. The number of methoxy groups -OCH3 is 1. The Bertz CT molecular complexity index is 473. The van der Waals surface area contributed by atoms with Crippen molar-refractivity contribution in [3.05, 3.63) is 28.2 Å². The molecular weight excluding hydrogens is 334 g/mol. The van der Waals surface area contributed by atoms with Crippen LogP contribution in [0.4, 0.5) is 0 Å². The van der Waals surface area contributed by atoms with Crippen LogP contribution in [0.25, 0.3) is 0 Å². The number of carbonyl (C=O) groups excluding carboxylic acids is 1. The lowest BCUT2D eigenvalue weighted by molar-refractivity contribution is -0.120. The fourth-order valence-electron chi connectivity index (χ4n) is 2.49. The number of hydrogen-bond acceptors (Lipinski definition) is 4. The maximum Gasteiger partial charge on any atom is 0.139 e. The molecule has 0 aliphatic carbocycles. The zero-order valence-electron chi connectivity index (χ0n) is 12.4. The van der Waals surface area contributed by atoms with Crippen molar-refractivity contribution in [2.75, 3.05) is 26.8 Å². The first kappa shape index (κ1) is 16.5. The Morgan fingerprint density at radius 1 is 1.38 bits per heavy atom. The quantitative estimate of drug-likeness (QED) is 0.816. The van der Waals surface area contributed by atoms with Crippen LogP contribution >= 0.6 is 15.9 Å². The van der Waals surface area contributed by atoms with E-state index in [1.54, 1.807) is 7.11 Å². The van der Waals surface area contributed by atoms with Gasteiger partial charge in [0.05, 0.1) is 19.8 Å². The van der Waals surface area contributed by atoms with Crippen molar-refractivity contribution >= 4 is 21.7 Å². The number of halogens is 1. The molecule has 1 saturated heterocycles. The van der Waals surface area contributed by atoms with Crippen molar-refractivity contribution in [3.63, 3.8) is 0 Å². The second kappa shape index (κ2) is 8.51. The van der Waals surface area contributed by atoms with Gasteiger partial charge in [-0.05, 0) is 44.1 Å². The lowest BCUT2D eigenvalue weighted by Gasteiger charge is -2.22. The van der Waals surface area contributed by atoms with Gasteiger partial charge in [0.2, 0.25) is 0 Å². The maximum atomic E-state index is 12.1. The highest BCUT2D eigenvalue weighted by Crippen LogP contribution is 2.23. The van der Waals surface area contributed by atoms with Gasteiger partial charge in [-0.1, -0.05) is 15.9 Å². The first-order valence-corrected chi connectivity index (χ1v) is 8.15. The Morgan fingerprint density at radius 2 is 2.14 bits per heavy atom. The monoisotopic (exact) mass is 355 g/mol. The molecule has 21 heavy (non-hydrogen) atoms. The average molecular weight is 356 g/mol. The highest BCUT2D eigenvalue weighted by molar-refractivity contribution is 9.10. The summed E-state index contributed by atoms with van der Waals surface area (Å²) >= 11 is 3.42. The molecule has 0 amide bonds. The molecule has 0 aromatic heterocycles. The number of carbonyl (C=O) groups is 1. The van der Waals surface area contributed by atoms with E-state index in [1.807, 2.05) is 18.2 Å². The van der Waals surface area contributed by atoms with Crippen LogP contribution in [-0.4, -0.2) is 38.7 Å². The lowest BCUT2D eigenvalue weighted by Crippen LogP contribution is -2.32. The molecule has 0 unspecified atom stereocenters. The number of nitrogens with one attached hydrogen (secondary N) is 1. The number of piperidine rings is 1. The third-order valence-corrected chi connectivity index (χ3v) is 4.14. The normalized spacial score (nSPS) is 15.9. The molecule has 1 fully saturated rings. The van der Waals surface area contributed by atoms with Gasteiger partial charge < -0.3 is 14.8 Å². The van der Waals surface area contributed by atoms with Crippen molar-refractivity contribution in [1.29, 1.82) is 0 Å². The molecule has 5 heteroatoms. The minimum absolute atomic E-state index is 0.181. The second-order valence-corrected chi connectivity index (χ2v) is 6.16. The van der Waals surface area contributed by atoms with Crippen molar-refractivity contribution in [2.45, 2.75) is 31.8 Å². The number of hydrogen-bond donors (Lipinski definition) is 1. The molecule has 0 spiro atoms. The Balaban J connectivity index is 1.77. The Labute approximate surface area is 134 Å². The van der Waals surface area contributed by atoms with E-state index in [1.165, 1.54) is 0 Å². The standard InChI is InChI=1S/C16H22BrNO3/c1-20-16-3-2-13(17)10-12(16)11-14(19)6-9-21-15-4-7-18-8-5-15/h2-3,10,15,18H,4-9,11H2,1H3. The molecule has 0 bridgehead atoms. The smallest absolute Gasteiger partial charge is 0.139 e. The number of ether oxygens (including phenoxy) is 2. The minimum atomic E-state index is 0.181. The molecule has 116 valence electrons. The van der Waals surface area contributed by atoms with E-state index in [2.05, 4.69) is 21.2 Å². The SMILES string of the molecule is COc1ccc(Br)cc1CC(=O)CCOC1CCNCC1. The number of Topliss-reactive ketones (excluding diaryl/α,β-unsaturated/α-hetero) is 1. The van der Waals surface area contributed by atoms with E-state index in [-0.39, 0.29) is 5.78 Å². The molecule has 1 heterocycles. The van der Waals surface area contributed by atoms with Gasteiger partial charge in [-0.15, -0.1) is 0 Å². The summed E-state index contributed by atoms with van der Waals surface area (Å²) < 4.78 is 12.0. The zero-order chi connectivity index (χ0) is 15.1. The fraction of sp³-hybridized carbons (Fsp3) is 0.562. The van der Waals surface area contributed by atoms with Gasteiger partial charge in [-0.25, -0.2) is 0 Å². The number of benzene rings is 1. The van der Waals surface area contributed by atoms with Gasteiger partial charge in [0.15, 0.2) is 0 Å². The fourth-order valence-corrected chi connectivity index (χ4v) is 2.90. The first-order chi connectivity index (χ1) is 10.2. The summed E-state index contributed by atoms with van der Waals surface area (Å²) in [4.78, 5) is 12.1. The predicted octanol–water partition coefficient (Wildman–Crippen LogP) is 2.73. The van der Waals surface area contributed by atoms with Gasteiger partial charge in [-0.2, -0.15) is 0 Å². The van der Waals surface area contributed by atoms with Crippen LogP contribution in [0.2, 0.25) is 0 Å². The first-order valence-electron chi connectivity index (χ1n) is 7.35. The minimum Gasteiger partial charge on any atom is -0.496 e. The van der Waals surface area contributed by atoms with Crippen molar-refractivity contribution in [1.82, 2.24) is 5.32 Å². The summed E-state index contributed by atoms with van der Waals surface area (Å²) in [6, 6.07) is 5.72. The molecular formula is C16H22BrNO3. The summed E-state index contributed by atoms with van der Waals surface area (Å²) in [5, 5.41) is 3.30. The largest absolute Gasteiger partial charge is 0.496 e. The van der Waals surface area contributed by atoms with Crippen LogP contribution < -0.4 is 10.1 Å². The van der Waals surface area contributed by atoms with E-state index in [4.69, 9.17) is 9.47 Å². The molecule has 1 aliphatic rings. The van der Waals surface area contributed by atoms with E-state index in [9.17, 15) is 4.79 Å².